The van der Waals surface area contributed by atoms with Crippen LogP contribution < -0.4 is 5.73 Å². The van der Waals surface area contributed by atoms with Gasteiger partial charge in [-0.25, -0.2) is 4.98 Å². The lowest BCUT2D eigenvalue weighted by atomic mass is 10.0. The van der Waals surface area contributed by atoms with Crippen LogP contribution in [0.5, 0.6) is 0 Å². The number of nitrogens with two attached hydrogens (primary N) is 1. The lowest BCUT2D eigenvalue weighted by Crippen LogP contribution is -2.35. The number of anilines is 1. The summed E-state index contributed by atoms with van der Waals surface area (Å²) in [4.78, 5) is 7.79. The van der Waals surface area contributed by atoms with E-state index in [1.165, 1.54) is 4.88 Å². The van der Waals surface area contributed by atoms with Crippen LogP contribution in [0, 0.1) is 5.92 Å². The molecule has 1 heterocycles. The van der Waals surface area contributed by atoms with E-state index >= 15 is 0 Å². The molecule has 0 bridgehead atoms. The standard InChI is InChI=1S/C11H21N3S/c1-5-14(9(4)8(2)3)7-10-6-13-11(12)15-10/h6,8-9H,5,7H2,1-4H3,(H2,12,13). The van der Waals surface area contributed by atoms with Gasteiger partial charge in [0.25, 0.3) is 0 Å². The maximum atomic E-state index is 5.62. The summed E-state index contributed by atoms with van der Waals surface area (Å²) in [6, 6.07) is 0.596. The zero-order valence-electron chi connectivity index (χ0n) is 10.0. The molecule has 0 aromatic carbocycles. The van der Waals surface area contributed by atoms with Crippen molar-refractivity contribution in [2.45, 2.75) is 40.3 Å². The van der Waals surface area contributed by atoms with Gasteiger partial charge < -0.3 is 5.73 Å². The molecule has 0 saturated heterocycles. The third kappa shape index (κ3) is 3.47. The molecule has 1 aromatic rings. The molecule has 1 aromatic heterocycles. The van der Waals surface area contributed by atoms with Crippen molar-refractivity contribution in [2.75, 3.05) is 12.3 Å². The number of nitrogens with zero attached hydrogens (tertiary/aromatic N) is 2. The van der Waals surface area contributed by atoms with Crippen molar-refractivity contribution >= 4 is 16.5 Å². The van der Waals surface area contributed by atoms with Crippen LogP contribution in [-0.4, -0.2) is 22.5 Å². The topological polar surface area (TPSA) is 42.2 Å². The van der Waals surface area contributed by atoms with Gasteiger partial charge in [-0.3, -0.25) is 4.90 Å². The summed E-state index contributed by atoms with van der Waals surface area (Å²) in [5, 5.41) is 0.665. The first-order chi connectivity index (χ1) is 7.04. The van der Waals surface area contributed by atoms with Gasteiger partial charge in [0.15, 0.2) is 5.13 Å². The molecule has 0 spiro atoms. The second kappa shape index (κ2) is 5.47. The average molecular weight is 227 g/mol. The van der Waals surface area contributed by atoms with Gasteiger partial charge in [-0.2, -0.15) is 0 Å². The molecule has 1 rings (SSSR count). The van der Waals surface area contributed by atoms with E-state index in [0.29, 0.717) is 17.1 Å². The molecule has 0 aliphatic heterocycles. The van der Waals surface area contributed by atoms with E-state index in [0.717, 1.165) is 13.1 Å². The highest BCUT2D eigenvalue weighted by molar-refractivity contribution is 7.15. The van der Waals surface area contributed by atoms with Crippen molar-refractivity contribution in [2.24, 2.45) is 5.92 Å². The fourth-order valence-corrected chi connectivity index (χ4v) is 2.27. The van der Waals surface area contributed by atoms with E-state index in [4.69, 9.17) is 5.73 Å². The van der Waals surface area contributed by atoms with E-state index < -0.39 is 0 Å². The summed E-state index contributed by atoms with van der Waals surface area (Å²) in [6.45, 7) is 11.0. The number of hydrogen-bond donors (Lipinski definition) is 1. The van der Waals surface area contributed by atoms with Crippen LogP contribution >= 0.6 is 11.3 Å². The summed E-state index contributed by atoms with van der Waals surface area (Å²) >= 11 is 1.59. The Labute approximate surface area is 96.3 Å². The van der Waals surface area contributed by atoms with Crippen molar-refractivity contribution in [3.05, 3.63) is 11.1 Å². The number of rotatable bonds is 5. The summed E-state index contributed by atoms with van der Waals surface area (Å²) < 4.78 is 0. The third-order valence-electron chi connectivity index (χ3n) is 2.88. The van der Waals surface area contributed by atoms with Gasteiger partial charge in [-0.15, -0.1) is 11.3 Å². The van der Waals surface area contributed by atoms with Crippen molar-refractivity contribution in [3.8, 4) is 0 Å². The second-order valence-electron chi connectivity index (χ2n) is 4.21. The third-order valence-corrected chi connectivity index (χ3v) is 3.69. The van der Waals surface area contributed by atoms with Crippen molar-refractivity contribution in [3.63, 3.8) is 0 Å². The first kappa shape index (κ1) is 12.5. The fourth-order valence-electron chi connectivity index (χ4n) is 1.56. The van der Waals surface area contributed by atoms with Crippen LogP contribution in [0.15, 0.2) is 6.20 Å². The van der Waals surface area contributed by atoms with Crippen LogP contribution in [0.4, 0.5) is 5.13 Å². The Morgan fingerprint density at radius 3 is 2.53 bits per heavy atom. The van der Waals surface area contributed by atoms with Gasteiger partial charge in [0.2, 0.25) is 0 Å². The molecule has 15 heavy (non-hydrogen) atoms. The molecule has 86 valence electrons. The van der Waals surface area contributed by atoms with Crippen LogP contribution in [0.1, 0.15) is 32.6 Å². The molecule has 0 amide bonds. The van der Waals surface area contributed by atoms with Crippen molar-refractivity contribution in [1.29, 1.82) is 0 Å². The van der Waals surface area contributed by atoms with E-state index in [2.05, 4.69) is 37.6 Å². The van der Waals surface area contributed by atoms with Crippen LogP contribution in [0.3, 0.4) is 0 Å². The van der Waals surface area contributed by atoms with E-state index in [9.17, 15) is 0 Å². The first-order valence-electron chi connectivity index (χ1n) is 5.48. The molecule has 0 saturated carbocycles. The van der Waals surface area contributed by atoms with Gasteiger partial charge in [0.05, 0.1) is 0 Å². The second-order valence-corrected chi connectivity index (χ2v) is 5.36. The number of nitrogen functional groups attached to an aromatic ring is 1. The molecule has 2 N–H and O–H groups in total. The highest BCUT2D eigenvalue weighted by atomic mass is 32.1. The molecular formula is C11H21N3S. The zero-order chi connectivity index (χ0) is 11.4. The summed E-state index contributed by atoms with van der Waals surface area (Å²) in [5.41, 5.74) is 5.62. The largest absolute Gasteiger partial charge is 0.375 e. The molecule has 3 nitrogen and oxygen atoms in total. The predicted octanol–water partition coefficient (Wildman–Crippen LogP) is 2.59. The van der Waals surface area contributed by atoms with Crippen molar-refractivity contribution in [1.82, 2.24) is 9.88 Å². The number of aromatic nitrogens is 1. The molecule has 1 unspecified atom stereocenters. The monoisotopic (exact) mass is 227 g/mol. The predicted molar refractivity (Wildman–Crippen MR) is 66.9 cm³/mol. The average Bonchev–Trinajstić information content (AvgIpc) is 2.59. The van der Waals surface area contributed by atoms with Gasteiger partial charge in [0.1, 0.15) is 0 Å². The quantitative estimate of drug-likeness (QED) is 0.840. The zero-order valence-corrected chi connectivity index (χ0v) is 10.8. The molecule has 0 radical (unpaired) electrons. The maximum Gasteiger partial charge on any atom is 0.180 e. The normalized spacial score (nSPS) is 13.7. The van der Waals surface area contributed by atoms with Gasteiger partial charge >= 0.3 is 0 Å². The lowest BCUT2D eigenvalue weighted by molar-refractivity contribution is 0.170. The minimum absolute atomic E-state index is 0.596. The Morgan fingerprint density at radius 1 is 1.47 bits per heavy atom. The first-order valence-corrected chi connectivity index (χ1v) is 6.30. The summed E-state index contributed by atoms with van der Waals surface area (Å²) in [6.07, 6.45) is 1.88. The van der Waals surface area contributed by atoms with Gasteiger partial charge in [-0.05, 0) is 19.4 Å². The van der Waals surface area contributed by atoms with E-state index in [1.54, 1.807) is 11.3 Å². The molecule has 1 atom stereocenters. The van der Waals surface area contributed by atoms with Crippen LogP contribution in [0.2, 0.25) is 0 Å². The minimum Gasteiger partial charge on any atom is -0.375 e. The highest BCUT2D eigenvalue weighted by Crippen LogP contribution is 2.19. The summed E-state index contributed by atoms with van der Waals surface area (Å²) in [7, 11) is 0. The highest BCUT2D eigenvalue weighted by Gasteiger charge is 2.16. The van der Waals surface area contributed by atoms with Crippen LogP contribution in [0.25, 0.3) is 0 Å². The number of thiazole rings is 1. The van der Waals surface area contributed by atoms with Crippen molar-refractivity contribution < 1.29 is 0 Å². The van der Waals surface area contributed by atoms with E-state index in [1.807, 2.05) is 6.20 Å². The fraction of sp³-hybridized carbons (Fsp3) is 0.727. The Hall–Kier alpha value is -0.610. The van der Waals surface area contributed by atoms with Gasteiger partial charge in [0, 0.05) is 23.7 Å². The summed E-state index contributed by atoms with van der Waals surface area (Å²) in [5.74, 6) is 0.676. The Morgan fingerprint density at radius 2 is 2.13 bits per heavy atom. The Bertz CT molecular complexity index is 296. The number of hydrogen-bond acceptors (Lipinski definition) is 4. The SMILES string of the molecule is CCN(Cc1cnc(N)s1)C(C)C(C)C. The molecular weight excluding hydrogens is 206 g/mol. The maximum absolute atomic E-state index is 5.62. The van der Waals surface area contributed by atoms with E-state index in [-0.39, 0.29) is 0 Å². The lowest BCUT2D eigenvalue weighted by Gasteiger charge is -2.30. The minimum atomic E-state index is 0.596. The molecule has 0 aliphatic carbocycles. The molecule has 0 fully saturated rings. The van der Waals surface area contributed by atoms with Crippen LogP contribution in [-0.2, 0) is 6.54 Å². The Kier molecular flexibility index (Phi) is 4.54. The Balaban J connectivity index is 2.61. The molecule has 4 heteroatoms. The smallest absolute Gasteiger partial charge is 0.180 e. The van der Waals surface area contributed by atoms with Gasteiger partial charge in [-0.1, -0.05) is 20.8 Å². The molecule has 0 aliphatic rings.